The molecule has 7 nitrogen and oxygen atoms in total. The predicted molar refractivity (Wildman–Crippen MR) is 110 cm³/mol. The van der Waals surface area contributed by atoms with E-state index in [0.717, 1.165) is 17.8 Å². The van der Waals surface area contributed by atoms with Crippen LogP contribution in [-0.2, 0) is 10.3 Å². The van der Waals surface area contributed by atoms with Crippen LogP contribution in [0.4, 0.5) is 23.2 Å². The van der Waals surface area contributed by atoms with E-state index in [1.54, 1.807) is 6.07 Å². The molecule has 3 N–H and O–H groups in total. The molecule has 4 rings (SSSR count). The number of nitrogens with one attached hydrogen (secondary N) is 1. The molecular weight excluding hydrogens is 452 g/mol. The van der Waals surface area contributed by atoms with E-state index in [-0.39, 0.29) is 27.9 Å². The summed E-state index contributed by atoms with van der Waals surface area (Å²) in [4.78, 5) is 20.7. The molecule has 0 spiro atoms. The van der Waals surface area contributed by atoms with Gasteiger partial charge in [0.25, 0.3) is 5.91 Å². The van der Waals surface area contributed by atoms with E-state index in [2.05, 4.69) is 15.3 Å². The molecule has 0 radical (unpaired) electrons. The fourth-order valence-corrected chi connectivity index (χ4v) is 4.89. The van der Waals surface area contributed by atoms with Gasteiger partial charge in [0.05, 0.1) is 19.9 Å². The summed E-state index contributed by atoms with van der Waals surface area (Å²) >= 11 is 0.966. The molecule has 0 bridgehead atoms. The van der Waals surface area contributed by atoms with Gasteiger partial charge in [-0.3, -0.25) is 4.79 Å². The monoisotopic (exact) mass is 470 g/mol. The number of methoxy groups -OCH3 is 1. The molecule has 3 atom stereocenters. The summed E-state index contributed by atoms with van der Waals surface area (Å²) < 4.78 is 65.5. The molecule has 0 saturated carbocycles. The van der Waals surface area contributed by atoms with Crippen LogP contribution in [0.3, 0.4) is 0 Å². The summed E-state index contributed by atoms with van der Waals surface area (Å²) in [5.74, 6) is -2.11. The number of carbonyl (C=O) groups is 1. The number of fused-ring (bicyclic) bond motifs is 1. The van der Waals surface area contributed by atoms with Gasteiger partial charge in [-0.05, 0) is 30.3 Å². The van der Waals surface area contributed by atoms with Gasteiger partial charge >= 0.3 is 6.18 Å². The highest BCUT2D eigenvalue weighted by Crippen LogP contribution is 2.52. The Kier molecular flexibility index (Phi) is 5.76. The molecule has 2 aliphatic heterocycles. The highest BCUT2D eigenvalue weighted by Gasteiger charge is 2.62. The molecule has 0 unspecified atom stereocenters. The van der Waals surface area contributed by atoms with E-state index in [9.17, 15) is 22.4 Å². The van der Waals surface area contributed by atoms with Crippen LogP contribution >= 0.6 is 11.8 Å². The molecule has 1 saturated heterocycles. The quantitative estimate of drug-likeness (QED) is 0.666. The van der Waals surface area contributed by atoms with Gasteiger partial charge in [0.15, 0.2) is 11.3 Å². The lowest BCUT2D eigenvalue weighted by Crippen LogP contribution is -2.46. The number of amidine groups is 1. The number of anilines is 1. The molecule has 1 amide bonds. The van der Waals surface area contributed by atoms with E-state index in [4.69, 9.17) is 15.2 Å². The second kappa shape index (κ2) is 8.24. The van der Waals surface area contributed by atoms with Crippen LogP contribution in [0.15, 0.2) is 41.5 Å². The van der Waals surface area contributed by atoms with E-state index < -0.39 is 42.1 Å². The minimum absolute atomic E-state index is 0.0364. The summed E-state index contributed by atoms with van der Waals surface area (Å²) in [6, 6.07) is 6.61. The maximum absolute atomic E-state index is 14.9. The standard InChI is InChI=1S/C20H18F4N4O3S/c1-30-11-3-5-15(26-7-11)17(29)27-10-2-4-14(21)12(6-10)19-9-31-16(20(22,23)24)13(19)8-32-18(25)28-19/h2-7,13,16H,8-9H2,1H3,(H2,25,28)(H,27,29)/t13-,16+,19-/m1/s1. The van der Waals surface area contributed by atoms with Crippen molar-refractivity contribution >= 4 is 28.5 Å². The Labute approximate surface area is 184 Å². The number of pyridine rings is 1. The van der Waals surface area contributed by atoms with Gasteiger partial charge in [0.2, 0.25) is 0 Å². The first-order valence-electron chi connectivity index (χ1n) is 9.42. The largest absolute Gasteiger partial charge is 0.495 e. The summed E-state index contributed by atoms with van der Waals surface area (Å²) in [5, 5.41) is 2.62. The lowest BCUT2D eigenvalue weighted by atomic mass is 9.78. The van der Waals surface area contributed by atoms with Gasteiger partial charge < -0.3 is 20.5 Å². The number of thioether (sulfide) groups is 1. The third-order valence-corrected chi connectivity index (χ3v) is 6.31. The van der Waals surface area contributed by atoms with E-state index in [1.807, 2.05) is 0 Å². The average Bonchev–Trinajstić information content (AvgIpc) is 3.15. The Morgan fingerprint density at radius 1 is 1.34 bits per heavy atom. The van der Waals surface area contributed by atoms with Gasteiger partial charge in [-0.25, -0.2) is 14.4 Å². The zero-order chi connectivity index (χ0) is 23.1. The lowest BCUT2D eigenvalue weighted by molar-refractivity contribution is -0.215. The van der Waals surface area contributed by atoms with Crippen molar-refractivity contribution < 1.29 is 31.8 Å². The van der Waals surface area contributed by atoms with Crippen LogP contribution in [0.25, 0.3) is 0 Å². The topological polar surface area (TPSA) is 98.8 Å². The van der Waals surface area contributed by atoms with Crippen LogP contribution in [0.5, 0.6) is 5.75 Å². The minimum Gasteiger partial charge on any atom is -0.495 e. The number of aliphatic imine (C=N–C) groups is 1. The van der Waals surface area contributed by atoms with Crippen LogP contribution < -0.4 is 15.8 Å². The van der Waals surface area contributed by atoms with Gasteiger partial charge in [-0.15, -0.1) is 0 Å². The number of benzene rings is 1. The minimum atomic E-state index is -4.64. The van der Waals surface area contributed by atoms with Crippen LogP contribution in [0.2, 0.25) is 0 Å². The molecule has 2 aromatic rings. The molecule has 32 heavy (non-hydrogen) atoms. The number of aromatic nitrogens is 1. The third-order valence-electron chi connectivity index (χ3n) is 5.40. The van der Waals surface area contributed by atoms with E-state index in [1.165, 1.54) is 31.5 Å². The summed E-state index contributed by atoms with van der Waals surface area (Å²) in [6.45, 7) is -0.489. The van der Waals surface area contributed by atoms with Crippen molar-refractivity contribution in [3.63, 3.8) is 0 Å². The highest BCUT2D eigenvalue weighted by atomic mass is 32.2. The Morgan fingerprint density at radius 3 is 2.78 bits per heavy atom. The predicted octanol–water partition coefficient (Wildman–Crippen LogP) is 3.32. The fraction of sp³-hybridized carbons (Fsp3) is 0.350. The normalized spacial score (nSPS) is 25.1. The first-order valence-corrected chi connectivity index (χ1v) is 10.4. The fourth-order valence-electron chi connectivity index (χ4n) is 3.86. The maximum Gasteiger partial charge on any atom is 0.415 e. The Bertz CT molecular complexity index is 1060. The number of hydrogen-bond acceptors (Lipinski definition) is 7. The number of rotatable bonds is 4. The molecule has 0 aliphatic carbocycles. The van der Waals surface area contributed by atoms with Gasteiger partial charge in [0.1, 0.15) is 22.8 Å². The number of halogens is 4. The number of carbonyl (C=O) groups excluding carboxylic acids is 1. The van der Waals surface area contributed by atoms with Crippen LogP contribution in [0.1, 0.15) is 16.1 Å². The number of alkyl halides is 3. The first kappa shape index (κ1) is 22.3. The molecule has 12 heteroatoms. The second-order valence-electron chi connectivity index (χ2n) is 7.30. The number of hydrogen-bond donors (Lipinski definition) is 2. The van der Waals surface area contributed by atoms with Crippen LogP contribution in [0, 0.1) is 11.7 Å². The van der Waals surface area contributed by atoms with Crippen molar-refractivity contribution in [3.8, 4) is 5.75 Å². The summed E-state index contributed by atoms with van der Waals surface area (Å²) in [5.41, 5.74) is 4.26. The van der Waals surface area contributed by atoms with E-state index in [0.29, 0.717) is 5.75 Å². The number of amides is 1. The van der Waals surface area contributed by atoms with Gasteiger partial charge in [-0.2, -0.15) is 13.2 Å². The third kappa shape index (κ3) is 3.99. The van der Waals surface area contributed by atoms with Gasteiger partial charge in [0, 0.05) is 22.9 Å². The molecular formula is C20H18F4N4O3S. The molecule has 1 aromatic heterocycles. The second-order valence-corrected chi connectivity index (χ2v) is 8.34. The van der Waals surface area contributed by atoms with Crippen molar-refractivity contribution in [2.75, 3.05) is 24.8 Å². The lowest BCUT2D eigenvalue weighted by Gasteiger charge is -2.36. The van der Waals surface area contributed by atoms with Crippen molar-refractivity contribution in [1.82, 2.24) is 4.98 Å². The van der Waals surface area contributed by atoms with E-state index >= 15 is 0 Å². The Morgan fingerprint density at radius 2 is 2.12 bits per heavy atom. The zero-order valence-corrected chi connectivity index (χ0v) is 17.5. The summed E-state index contributed by atoms with van der Waals surface area (Å²) in [6.07, 6.45) is -5.39. The number of nitrogens with two attached hydrogens (primary N) is 1. The summed E-state index contributed by atoms with van der Waals surface area (Å²) in [7, 11) is 1.46. The van der Waals surface area contributed by atoms with Gasteiger partial charge in [-0.1, -0.05) is 11.8 Å². The Balaban J connectivity index is 1.68. The maximum atomic E-state index is 14.9. The number of nitrogens with zero attached hydrogens (tertiary/aromatic N) is 2. The average molecular weight is 470 g/mol. The van der Waals surface area contributed by atoms with Crippen molar-refractivity contribution in [2.24, 2.45) is 16.6 Å². The molecule has 1 fully saturated rings. The molecule has 170 valence electrons. The first-order chi connectivity index (χ1) is 15.1. The van der Waals surface area contributed by atoms with Crippen molar-refractivity contribution in [2.45, 2.75) is 17.8 Å². The van der Waals surface area contributed by atoms with Crippen molar-refractivity contribution in [1.29, 1.82) is 0 Å². The highest BCUT2D eigenvalue weighted by molar-refractivity contribution is 8.13. The Hall–Kier alpha value is -2.86. The van der Waals surface area contributed by atoms with Crippen LogP contribution in [-0.4, -0.2) is 47.8 Å². The molecule has 1 aromatic carbocycles. The number of ether oxygens (including phenoxy) is 2. The molecule has 2 aliphatic rings. The molecule has 3 heterocycles. The smallest absolute Gasteiger partial charge is 0.415 e. The zero-order valence-electron chi connectivity index (χ0n) is 16.6. The SMILES string of the molecule is COc1ccc(C(=O)Nc2ccc(F)c([C@]34CO[C@H](C(F)(F)F)[C@H]3CSC(N)=N4)c2)nc1. The van der Waals surface area contributed by atoms with Crippen molar-refractivity contribution in [3.05, 3.63) is 53.6 Å².